The van der Waals surface area contributed by atoms with Crippen LogP contribution < -0.4 is 10.2 Å². The molecular formula is C30H38ClN7O3S. The highest BCUT2D eigenvalue weighted by atomic mass is 35.5. The number of benzene rings is 2. The van der Waals surface area contributed by atoms with Gasteiger partial charge < -0.3 is 15.1 Å². The summed E-state index contributed by atoms with van der Waals surface area (Å²) in [5, 5.41) is 4.08. The van der Waals surface area contributed by atoms with Crippen LogP contribution in [0, 0.1) is 0 Å². The molecule has 2 aliphatic heterocycles. The van der Waals surface area contributed by atoms with E-state index >= 15 is 0 Å². The third-order valence-electron chi connectivity index (χ3n) is 7.93. The Labute approximate surface area is 252 Å². The number of likely N-dealkylation sites (N-methyl/N-ethyl adjacent to an activating group) is 1. The predicted molar refractivity (Wildman–Crippen MR) is 170 cm³/mol. The van der Waals surface area contributed by atoms with Gasteiger partial charge in [-0.25, -0.2) is 13.9 Å². The lowest BCUT2D eigenvalue weighted by atomic mass is 10.0. The second-order valence-corrected chi connectivity index (χ2v) is 12.1. The zero-order valence-corrected chi connectivity index (χ0v) is 25.8. The highest BCUT2D eigenvalue weighted by Crippen LogP contribution is 2.35. The predicted octanol–water partition coefficient (Wildman–Crippen LogP) is 5.39. The maximum absolute atomic E-state index is 12.0. The van der Waals surface area contributed by atoms with E-state index in [1.54, 1.807) is 24.3 Å². The van der Waals surface area contributed by atoms with Crippen molar-refractivity contribution in [3.8, 4) is 11.3 Å². The molecule has 0 aliphatic carbocycles. The molecule has 2 fully saturated rings. The topological polar surface area (TPSA) is 107 Å². The number of hydrogen-bond acceptors (Lipinski definition) is 8. The van der Waals surface area contributed by atoms with Crippen molar-refractivity contribution in [3.63, 3.8) is 0 Å². The van der Waals surface area contributed by atoms with Crippen molar-refractivity contribution in [2.24, 2.45) is 0 Å². The molecule has 224 valence electrons. The summed E-state index contributed by atoms with van der Waals surface area (Å²) in [7, 11) is -2.31. The van der Waals surface area contributed by atoms with E-state index in [0.717, 1.165) is 35.8 Å². The van der Waals surface area contributed by atoms with E-state index in [2.05, 4.69) is 49.2 Å². The molecule has 10 nitrogen and oxygen atoms in total. The Morgan fingerprint density at radius 3 is 2.29 bits per heavy atom. The Kier molecular flexibility index (Phi) is 9.34. The van der Waals surface area contributed by atoms with Gasteiger partial charge in [-0.1, -0.05) is 43.6 Å². The number of fused-ring (bicyclic) bond motifs is 1. The zero-order valence-electron chi connectivity index (χ0n) is 24.2. The molecule has 4 aromatic rings. The number of halogens is 1. The van der Waals surface area contributed by atoms with Crippen LogP contribution in [0.25, 0.3) is 22.2 Å². The molecule has 2 aromatic heterocycles. The van der Waals surface area contributed by atoms with E-state index in [1.165, 1.54) is 44.0 Å². The van der Waals surface area contributed by atoms with E-state index in [0.29, 0.717) is 34.2 Å². The van der Waals surface area contributed by atoms with E-state index in [-0.39, 0.29) is 5.02 Å². The maximum atomic E-state index is 12.0. The Morgan fingerprint density at radius 2 is 1.62 bits per heavy atom. The quantitative estimate of drug-likeness (QED) is 0.278. The molecule has 0 saturated carbocycles. The van der Waals surface area contributed by atoms with Crippen molar-refractivity contribution in [3.05, 3.63) is 65.9 Å². The van der Waals surface area contributed by atoms with Crippen molar-refractivity contribution in [1.29, 1.82) is 0 Å². The zero-order chi connectivity index (χ0) is 29.9. The van der Waals surface area contributed by atoms with Crippen LogP contribution in [0.4, 0.5) is 17.3 Å². The van der Waals surface area contributed by atoms with Gasteiger partial charge in [0.15, 0.2) is 0 Å². The normalized spacial score (nSPS) is 17.2. The van der Waals surface area contributed by atoms with Gasteiger partial charge in [0.1, 0.15) is 0 Å². The summed E-state index contributed by atoms with van der Waals surface area (Å²) >= 11 is 6.45. The van der Waals surface area contributed by atoms with Gasteiger partial charge in [-0.15, -0.1) is 0 Å². The number of aromatic nitrogens is 3. The molecule has 6 rings (SSSR count). The standard InChI is InChI=1S/C28H32ClN7O3S.C2H6/c1-33-14-16-35(17-15-33)22-10-12-34(13-11-22)21-8-6-20(7-9-21)31-28-30-18-25(29)27(32-28)24-19-36(40(37,38)39)26-5-3-2-4-23(24)26;1-2/h2-9,18-19,22H,10-17H2,1H3,(H,30,31,32)(H,37,38,39);1-2H3. The average Bonchev–Trinajstić information content (AvgIpc) is 3.41. The second-order valence-electron chi connectivity index (χ2n) is 10.5. The Bertz CT molecular complexity index is 1610. The molecule has 42 heavy (non-hydrogen) atoms. The highest BCUT2D eigenvalue weighted by molar-refractivity contribution is 7.84. The molecule has 4 heterocycles. The number of nitrogens with zero attached hydrogens (tertiary/aromatic N) is 6. The van der Waals surface area contributed by atoms with Crippen molar-refractivity contribution in [2.45, 2.75) is 32.7 Å². The summed E-state index contributed by atoms with van der Waals surface area (Å²) in [6.07, 6.45) is 5.16. The van der Waals surface area contributed by atoms with Gasteiger partial charge in [0.2, 0.25) is 5.95 Å². The summed E-state index contributed by atoms with van der Waals surface area (Å²) in [4.78, 5) is 16.4. The fourth-order valence-electron chi connectivity index (χ4n) is 5.71. The van der Waals surface area contributed by atoms with Gasteiger partial charge >= 0.3 is 10.3 Å². The summed E-state index contributed by atoms with van der Waals surface area (Å²) in [5.74, 6) is 0.323. The number of piperazine rings is 1. The van der Waals surface area contributed by atoms with Crippen LogP contribution >= 0.6 is 11.6 Å². The van der Waals surface area contributed by atoms with Gasteiger partial charge in [0.05, 0.1) is 22.4 Å². The van der Waals surface area contributed by atoms with Crippen LogP contribution in [-0.4, -0.2) is 89.1 Å². The number of anilines is 3. The molecule has 0 spiro atoms. The Hall–Kier alpha value is -3.22. The minimum Gasteiger partial charge on any atom is -0.371 e. The van der Waals surface area contributed by atoms with Crippen molar-refractivity contribution in [1.82, 2.24) is 23.7 Å². The average molecular weight is 612 g/mol. The van der Waals surface area contributed by atoms with Gasteiger partial charge in [0.25, 0.3) is 0 Å². The van der Waals surface area contributed by atoms with Crippen LogP contribution in [-0.2, 0) is 10.3 Å². The molecule has 0 radical (unpaired) electrons. The Morgan fingerprint density at radius 1 is 0.952 bits per heavy atom. The van der Waals surface area contributed by atoms with Crippen LogP contribution in [0.2, 0.25) is 5.02 Å². The number of para-hydroxylation sites is 1. The molecule has 0 unspecified atom stereocenters. The number of rotatable bonds is 6. The van der Waals surface area contributed by atoms with Crippen LogP contribution in [0.5, 0.6) is 0 Å². The molecule has 2 saturated heterocycles. The maximum Gasteiger partial charge on any atom is 0.363 e. The van der Waals surface area contributed by atoms with Gasteiger partial charge in [-0.2, -0.15) is 8.42 Å². The molecule has 2 aliphatic rings. The fourth-order valence-corrected chi connectivity index (χ4v) is 6.55. The third-order valence-corrected chi connectivity index (χ3v) is 9.01. The number of piperidine rings is 1. The third kappa shape index (κ3) is 6.55. The first-order valence-corrected chi connectivity index (χ1v) is 16.2. The largest absolute Gasteiger partial charge is 0.371 e. The molecule has 0 amide bonds. The Balaban J connectivity index is 0.00000173. The molecule has 12 heteroatoms. The molecule has 0 atom stereocenters. The van der Waals surface area contributed by atoms with Crippen LogP contribution in [0.15, 0.2) is 60.9 Å². The SMILES string of the molecule is CC.CN1CCN(C2CCN(c3ccc(Nc4ncc(Cl)c(-c5cn(S(=O)(=O)O)c6ccccc56)n4)cc3)CC2)CC1. The lowest BCUT2D eigenvalue weighted by Crippen LogP contribution is -2.52. The summed E-state index contributed by atoms with van der Waals surface area (Å²) in [6, 6.07) is 15.7. The van der Waals surface area contributed by atoms with E-state index in [9.17, 15) is 13.0 Å². The van der Waals surface area contributed by atoms with E-state index in [1.807, 2.05) is 26.0 Å². The monoisotopic (exact) mass is 611 g/mol. The first kappa shape index (κ1) is 30.2. The summed E-state index contributed by atoms with van der Waals surface area (Å²) < 4.78 is 34.4. The minimum atomic E-state index is -4.51. The lowest BCUT2D eigenvalue weighted by Gasteiger charge is -2.42. The molecular weight excluding hydrogens is 574 g/mol. The molecule has 2 aromatic carbocycles. The number of nitrogens with one attached hydrogen (secondary N) is 1. The van der Waals surface area contributed by atoms with Gasteiger partial charge in [0, 0.05) is 73.8 Å². The van der Waals surface area contributed by atoms with E-state index in [4.69, 9.17) is 11.6 Å². The second kappa shape index (κ2) is 13.0. The first-order valence-electron chi connectivity index (χ1n) is 14.4. The molecule has 0 bridgehead atoms. The van der Waals surface area contributed by atoms with Crippen LogP contribution in [0.3, 0.4) is 0 Å². The smallest absolute Gasteiger partial charge is 0.363 e. The summed E-state index contributed by atoms with van der Waals surface area (Å²) in [5.41, 5.74) is 3.17. The minimum absolute atomic E-state index is 0.263. The summed E-state index contributed by atoms with van der Waals surface area (Å²) in [6.45, 7) is 10.7. The van der Waals surface area contributed by atoms with Crippen molar-refractivity contribution in [2.75, 3.05) is 56.5 Å². The first-order chi connectivity index (χ1) is 20.3. The fraction of sp³-hybridized carbons (Fsp3) is 0.400. The lowest BCUT2D eigenvalue weighted by molar-refractivity contribution is 0.0982. The highest BCUT2D eigenvalue weighted by Gasteiger charge is 2.27. The van der Waals surface area contributed by atoms with Gasteiger partial charge in [-0.3, -0.25) is 9.45 Å². The van der Waals surface area contributed by atoms with Crippen molar-refractivity contribution >= 4 is 50.1 Å². The van der Waals surface area contributed by atoms with Crippen LogP contribution in [0.1, 0.15) is 26.7 Å². The van der Waals surface area contributed by atoms with E-state index < -0.39 is 10.3 Å². The molecule has 2 N–H and O–H groups in total. The van der Waals surface area contributed by atoms with Crippen molar-refractivity contribution < 1.29 is 13.0 Å². The number of hydrogen-bond donors (Lipinski definition) is 2. The van der Waals surface area contributed by atoms with Gasteiger partial charge in [-0.05, 0) is 50.2 Å².